The van der Waals surface area contributed by atoms with Crippen molar-refractivity contribution in [2.45, 2.75) is 73.5 Å². The van der Waals surface area contributed by atoms with Crippen molar-refractivity contribution < 1.29 is 0 Å². The molecule has 0 fully saturated rings. The summed E-state index contributed by atoms with van der Waals surface area (Å²) in [5.74, 6) is 0.903. The van der Waals surface area contributed by atoms with Gasteiger partial charge in [-0.3, -0.25) is 4.68 Å². The van der Waals surface area contributed by atoms with E-state index in [2.05, 4.69) is 139 Å². The van der Waals surface area contributed by atoms with E-state index in [1.54, 1.807) is 11.8 Å². The lowest BCUT2D eigenvalue weighted by atomic mass is 10.0. The maximum absolute atomic E-state index is 5.85. The molecule has 1 heterocycles. The zero-order valence-corrected chi connectivity index (χ0v) is 31.4. The summed E-state index contributed by atoms with van der Waals surface area (Å²) in [5.41, 5.74) is 11.2. The highest BCUT2D eigenvalue weighted by Crippen LogP contribution is 2.27. The summed E-state index contributed by atoms with van der Waals surface area (Å²) >= 11 is 7.61. The Morgan fingerprint density at radius 1 is 0.872 bits per heavy atom. The van der Waals surface area contributed by atoms with Crippen molar-refractivity contribution in [3.05, 3.63) is 160 Å². The fourth-order valence-electron chi connectivity index (χ4n) is 4.45. The number of benzene rings is 3. The smallest absolute Gasteiger partial charge is 0.0680 e. The van der Waals surface area contributed by atoms with E-state index in [-0.39, 0.29) is 0 Å². The van der Waals surface area contributed by atoms with Gasteiger partial charge in [-0.25, -0.2) is 0 Å². The molecule has 1 aromatic heterocycles. The first kappa shape index (κ1) is 39.4. The second-order valence-electron chi connectivity index (χ2n) is 11.8. The number of halogens is 1. The highest BCUT2D eigenvalue weighted by molar-refractivity contribution is 8.02. The summed E-state index contributed by atoms with van der Waals surface area (Å²) in [5, 5.41) is 6.12. The maximum Gasteiger partial charge on any atom is 0.0680 e. The van der Waals surface area contributed by atoms with Crippen molar-refractivity contribution in [3.8, 4) is 11.1 Å². The van der Waals surface area contributed by atoms with E-state index in [4.69, 9.17) is 11.6 Å². The van der Waals surface area contributed by atoms with Crippen LogP contribution >= 0.6 is 23.4 Å². The Morgan fingerprint density at radius 2 is 1.43 bits per heavy atom. The minimum atomic E-state index is 0.757. The largest absolute Gasteiger partial charge is 0.339 e. The van der Waals surface area contributed by atoms with Gasteiger partial charge >= 0.3 is 0 Å². The topological polar surface area (TPSA) is 21.1 Å². The lowest BCUT2D eigenvalue weighted by Gasteiger charge is -2.24. The van der Waals surface area contributed by atoms with Crippen LogP contribution in [0.4, 0.5) is 0 Å². The number of nitrogens with zero attached hydrogens (tertiary/aromatic N) is 3. The molecular formula is C42H54ClN3S. The van der Waals surface area contributed by atoms with Crippen molar-refractivity contribution in [3.63, 3.8) is 0 Å². The van der Waals surface area contributed by atoms with Crippen molar-refractivity contribution in [1.29, 1.82) is 0 Å². The van der Waals surface area contributed by atoms with Crippen LogP contribution in [0, 0.1) is 6.92 Å². The predicted octanol–water partition coefficient (Wildman–Crippen LogP) is 12.4. The fourth-order valence-corrected chi connectivity index (χ4v) is 5.38. The van der Waals surface area contributed by atoms with Crippen LogP contribution in [0.5, 0.6) is 0 Å². The Hall–Kier alpha value is -3.73. The Labute approximate surface area is 294 Å². The van der Waals surface area contributed by atoms with Gasteiger partial charge in [0.1, 0.15) is 0 Å². The molecule has 0 amide bonds. The third kappa shape index (κ3) is 14.7. The molecule has 0 aliphatic carbocycles. The third-order valence-corrected chi connectivity index (χ3v) is 8.53. The summed E-state index contributed by atoms with van der Waals surface area (Å²) in [6.45, 7) is 24.1. The number of aryl methyl sites for hydroxylation is 3. The lowest BCUT2D eigenvalue weighted by molar-refractivity contribution is 0.535. The van der Waals surface area contributed by atoms with Crippen molar-refractivity contribution in [1.82, 2.24) is 14.7 Å². The predicted molar refractivity (Wildman–Crippen MR) is 210 cm³/mol. The van der Waals surface area contributed by atoms with Gasteiger partial charge in [0.2, 0.25) is 0 Å². The number of aromatic nitrogens is 2. The number of hydrogen-bond donors (Lipinski definition) is 0. The molecule has 0 atom stereocenters. The molecule has 3 aromatic carbocycles. The number of rotatable bonds is 12. The van der Waals surface area contributed by atoms with E-state index in [1.807, 2.05) is 42.2 Å². The second kappa shape index (κ2) is 21.2. The van der Waals surface area contributed by atoms with Crippen molar-refractivity contribution in [2.75, 3.05) is 6.54 Å². The van der Waals surface area contributed by atoms with Gasteiger partial charge in [0.15, 0.2) is 0 Å². The fraction of sp³-hybridized carbons (Fsp3) is 0.310. The standard InChI is InChI=1S/C25H33N3S.C14H13Cl.C3H8/c1-8-21(5)25(13-24-14-26-27(7)16-24)17-28(15-19(2)3)22(6)29-18-23-11-9-20(4)10-12-23;1-2-11-3-5-12(6-4-11)13-7-9-14(15)10-8-13;1-3-2/h8-12,14,16-17H,2,6,13,15,18H2,1,3-5,7H3;3-10H,2H2,1H3;3H2,1-2H3/b21-8?,25-17-;;. The lowest BCUT2D eigenvalue weighted by Crippen LogP contribution is -2.18. The second-order valence-corrected chi connectivity index (χ2v) is 13.3. The zero-order valence-electron chi connectivity index (χ0n) is 29.8. The normalized spacial score (nSPS) is 11.2. The molecular weight excluding hydrogens is 614 g/mol. The molecule has 0 saturated heterocycles. The van der Waals surface area contributed by atoms with Gasteiger partial charge in [0.25, 0.3) is 0 Å². The van der Waals surface area contributed by atoms with Crippen LogP contribution in [-0.2, 0) is 25.6 Å². The molecule has 0 radical (unpaired) electrons. The number of thioether (sulfide) groups is 1. The van der Waals surface area contributed by atoms with Gasteiger partial charge in [-0.2, -0.15) is 5.10 Å². The van der Waals surface area contributed by atoms with Crippen LogP contribution in [0.15, 0.2) is 132 Å². The minimum Gasteiger partial charge on any atom is -0.339 e. The van der Waals surface area contributed by atoms with Crippen LogP contribution in [-0.4, -0.2) is 21.2 Å². The van der Waals surface area contributed by atoms with Crippen molar-refractivity contribution in [2.24, 2.45) is 7.05 Å². The van der Waals surface area contributed by atoms with Gasteiger partial charge in [-0.15, -0.1) is 11.8 Å². The Kier molecular flexibility index (Phi) is 17.8. The molecule has 0 bridgehead atoms. The average molecular weight is 668 g/mol. The first-order valence-electron chi connectivity index (χ1n) is 16.4. The molecule has 0 aliphatic rings. The number of allylic oxidation sites excluding steroid dienone is 3. The molecule has 0 unspecified atom stereocenters. The summed E-state index contributed by atoms with van der Waals surface area (Å²) in [6, 6.07) is 25.3. The molecule has 5 heteroatoms. The van der Waals surface area contributed by atoms with Gasteiger partial charge in [-0.1, -0.05) is 135 Å². The van der Waals surface area contributed by atoms with E-state index >= 15 is 0 Å². The third-order valence-electron chi connectivity index (χ3n) is 7.23. The maximum atomic E-state index is 5.85. The zero-order chi connectivity index (χ0) is 34.8. The van der Waals surface area contributed by atoms with Gasteiger partial charge in [-0.05, 0) is 79.6 Å². The number of hydrogen-bond acceptors (Lipinski definition) is 3. The minimum absolute atomic E-state index is 0.757. The molecule has 0 aliphatic heterocycles. The van der Waals surface area contributed by atoms with E-state index in [9.17, 15) is 0 Å². The molecule has 47 heavy (non-hydrogen) atoms. The van der Waals surface area contributed by atoms with E-state index in [0.29, 0.717) is 0 Å². The Morgan fingerprint density at radius 3 is 1.91 bits per heavy atom. The molecule has 0 saturated carbocycles. The summed E-state index contributed by atoms with van der Waals surface area (Å²) in [7, 11) is 1.95. The van der Waals surface area contributed by atoms with Gasteiger partial charge in [0, 0.05) is 43.2 Å². The summed E-state index contributed by atoms with van der Waals surface area (Å²) < 4.78 is 1.85. The summed E-state index contributed by atoms with van der Waals surface area (Å²) in [6.07, 6.45) is 11.6. The summed E-state index contributed by atoms with van der Waals surface area (Å²) in [4.78, 5) is 2.22. The molecule has 0 spiro atoms. The SMILES string of the molecule is C=C(C)CN(/C=C(/Cc1cnn(C)c1)C(C)=CC)C(=C)SCc1ccc(C)cc1.CCC.CCc1ccc(-c2ccc(Cl)cc2)cc1. The molecule has 4 aromatic rings. The van der Waals surface area contributed by atoms with Crippen LogP contribution in [0.2, 0.25) is 5.02 Å². The van der Waals surface area contributed by atoms with E-state index < -0.39 is 0 Å². The van der Waals surface area contributed by atoms with E-state index in [1.165, 1.54) is 50.9 Å². The molecule has 0 N–H and O–H groups in total. The quantitative estimate of drug-likeness (QED) is 0.111. The molecule has 4 rings (SSSR count). The van der Waals surface area contributed by atoms with Crippen LogP contribution in [0.3, 0.4) is 0 Å². The van der Waals surface area contributed by atoms with E-state index in [0.717, 1.165) is 40.8 Å². The Balaban J connectivity index is 0.000000354. The van der Waals surface area contributed by atoms with Crippen molar-refractivity contribution >= 4 is 23.4 Å². The average Bonchev–Trinajstić information content (AvgIpc) is 3.48. The van der Waals surface area contributed by atoms with Crippen LogP contribution in [0.1, 0.15) is 70.2 Å². The van der Waals surface area contributed by atoms with Crippen LogP contribution < -0.4 is 0 Å². The van der Waals surface area contributed by atoms with Crippen LogP contribution in [0.25, 0.3) is 11.1 Å². The highest BCUT2D eigenvalue weighted by atomic mass is 35.5. The Bertz CT molecular complexity index is 1580. The first-order valence-corrected chi connectivity index (χ1v) is 17.8. The monoisotopic (exact) mass is 667 g/mol. The highest BCUT2D eigenvalue weighted by Gasteiger charge is 2.11. The first-order chi connectivity index (χ1) is 22.5. The van der Waals surface area contributed by atoms with Gasteiger partial charge in [0.05, 0.1) is 11.2 Å². The molecule has 250 valence electrons. The molecule has 3 nitrogen and oxygen atoms in total. The van der Waals surface area contributed by atoms with Gasteiger partial charge < -0.3 is 4.90 Å².